The molecule has 1 saturated carbocycles. The molecule has 3 N–H and O–H groups in total. The number of methoxy groups -OCH3 is 1. The Balaban J connectivity index is 2.02. The lowest BCUT2D eigenvalue weighted by Crippen LogP contribution is -2.53. The van der Waals surface area contributed by atoms with E-state index in [4.69, 9.17) is 4.74 Å². The van der Waals surface area contributed by atoms with Crippen molar-refractivity contribution in [3.63, 3.8) is 0 Å². The van der Waals surface area contributed by atoms with Crippen LogP contribution in [0, 0.1) is 0 Å². The van der Waals surface area contributed by atoms with E-state index in [1.807, 2.05) is 6.07 Å². The van der Waals surface area contributed by atoms with Gasteiger partial charge in [-0.25, -0.2) is 0 Å². The SMILES string of the molecule is COc1ccc(O)c(CNC2(CO)CCC2)c1. The molecule has 0 saturated heterocycles. The molecular weight excluding hydrogens is 218 g/mol. The second-order valence-corrected chi connectivity index (χ2v) is 4.64. The molecule has 0 amide bonds. The molecule has 0 heterocycles. The summed E-state index contributed by atoms with van der Waals surface area (Å²) in [6, 6.07) is 5.16. The third-order valence-corrected chi connectivity index (χ3v) is 3.55. The molecule has 0 radical (unpaired) electrons. The fraction of sp³-hybridized carbons (Fsp3) is 0.538. The van der Waals surface area contributed by atoms with Crippen molar-refractivity contribution >= 4 is 0 Å². The Morgan fingerprint density at radius 1 is 1.41 bits per heavy atom. The van der Waals surface area contributed by atoms with Crippen LogP contribution in [0.3, 0.4) is 0 Å². The van der Waals surface area contributed by atoms with Gasteiger partial charge >= 0.3 is 0 Å². The largest absolute Gasteiger partial charge is 0.508 e. The Hall–Kier alpha value is -1.26. The van der Waals surface area contributed by atoms with Crippen LogP contribution >= 0.6 is 0 Å². The van der Waals surface area contributed by atoms with Gasteiger partial charge in [-0.3, -0.25) is 0 Å². The van der Waals surface area contributed by atoms with Crippen LogP contribution in [-0.2, 0) is 6.54 Å². The molecule has 1 aromatic rings. The van der Waals surface area contributed by atoms with E-state index in [1.165, 1.54) is 0 Å². The Kier molecular flexibility index (Phi) is 3.54. The third-order valence-electron chi connectivity index (χ3n) is 3.55. The number of phenolic OH excluding ortho intramolecular Hbond substituents is 1. The summed E-state index contributed by atoms with van der Waals surface area (Å²) >= 11 is 0. The Labute approximate surface area is 101 Å². The van der Waals surface area contributed by atoms with Crippen molar-refractivity contribution in [2.75, 3.05) is 13.7 Å². The second-order valence-electron chi connectivity index (χ2n) is 4.64. The van der Waals surface area contributed by atoms with Crippen LogP contribution in [-0.4, -0.2) is 29.5 Å². The zero-order valence-corrected chi connectivity index (χ0v) is 10.1. The van der Waals surface area contributed by atoms with Crippen LogP contribution in [0.5, 0.6) is 11.5 Å². The number of aromatic hydroxyl groups is 1. The molecule has 1 aromatic carbocycles. The third kappa shape index (κ3) is 2.53. The highest BCUT2D eigenvalue weighted by Crippen LogP contribution is 2.32. The summed E-state index contributed by atoms with van der Waals surface area (Å²) in [6.45, 7) is 0.696. The summed E-state index contributed by atoms with van der Waals surface area (Å²) in [6.07, 6.45) is 3.14. The molecule has 0 spiro atoms. The Morgan fingerprint density at radius 3 is 2.71 bits per heavy atom. The molecule has 0 atom stereocenters. The van der Waals surface area contributed by atoms with Gasteiger partial charge in [-0.1, -0.05) is 0 Å². The topological polar surface area (TPSA) is 61.7 Å². The van der Waals surface area contributed by atoms with E-state index >= 15 is 0 Å². The smallest absolute Gasteiger partial charge is 0.120 e. The first-order valence-electron chi connectivity index (χ1n) is 5.91. The van der Waals surface area contributed by atoms with Gasteiger partial charge in [0.05, 0.1) is 13.7 Å². The van der Waals surface area contributed by atoms with Crippen LogP contribution in [0.15, 0.2) is 18.2 Å². The van der Waals surface area contributed by atoms with Gasteiger partial charge in [-0.05, 0) is 37.5 Å². The van der Waals surface area contributed by atoms with E-state index in [2.05, 4.69) is 5.32 Å². The molecule has 17 heavy (non-hydrogen) atoms. The normalized spacial score (nSPS) is 17.5. The van der Waals surface area contributed by atoms with E-state index in [9.17, 15) is 10.2 Å². The standard InChI is InChI=1S/C13H19NO3/c1-17-11-3-4-12(16)10(7-11)8-14-13(9-15)5-2-6-13/h3-4,7,14-16H,2,5-6,8-9H2,1H3. The average molecular weight is 237 g/mol. The van der Waals surface area contributed by atoms with E-state index < -0.39 is 0 Å². The number of hydrogen-bond donors (Lipinski definition) is 3. The monoisotopic (exact) mass is 237 g/mol. The quantitative estimate of drug-likeness (QED) is 0.724. The minimum Gasteiger partial charge on any atom is -0.508 e. The molecule has 0 bridgehead atoms. The summed E-state index contributed by atoms with van der Waals surface area (Å²) < 4.78 is 5.12. The summed E-state index contributed by atoms with van der Waals surface area (Å²) in [4.78, 5) is 0. The lowest BCUT2D eigenvalue weighted by Gasteiger charge is -2.41. The molecule has 1 fully saturated rings. The number of aliphatic hydroxyl groups is 1. The molecule has 0 unspecified atom stereocenters. The van der Waals surface area contributed by atoms with E-state index in [0.29, 0.717) is 6.54 Å². The molecule has 2 rings (SSSR count). The van der Waals surface area contributed by atoms with Gasteiger partial charge < -0.3 is 20.3 Å². The van der Waals surface area contributed by atoms with Gasteiger partial charge in [-0.2, -0.15) is 0 Å². The van der Waals surface area contributed by atoms with Crippen LogP contribution in [0.25, 0.3) is 0 Å². The number of aliphatic hydroxyl groups excluding tert-OH is 1. The van der Waals surface area contributed by atoms with Crippen molar-refractivity contribution in [2.45, 2.75) is 31.3 Å². The predicted molar refractivity (Wildman–Crippen MR) is 65.2 cm³/mol. The van der Waals surface area contributed by atoms with E-state index in [1.54, 1.807) is 19.2 Å². The number of nitrogens with one attached hydrogen (secondary N) is 1. The molecule has 1 aliphatic carbocycles. The molecular formula is C13H19NO3. The maximum atomic E-state index is 9.73. The van der Waals surface area contributed by atoms with Crippen LogP contribution in [0.4, 0.5) is 0 Å². The number of rotatable bonds is 5. The van der Waals surface area contributed by atoms with E-state index in [-0.39, 0.29) is 17.9 Å². The van der Waals surface area contributed by atoms with Crippen molar-refractivity contribution in [1.82, 2.24) is 5.32 Å². The molecule has 1 aliphatic rings. The number of ether oxygens (including phenoxy) is 1. The first-order chi connectivity index (χ1) is 8.19. The van der Waals surface area contributed by atoms with Crippen molar-refractivity contribution in [2.24, 2.45) is 0 Å². The number of benzene rings is 1. The first kappa shape index (κ1) is 12.2. The van der Waals surface area contributed by atoms with Crippen molar-refractivity contribution in [1.29, 1.82) is 0 Å². The minimum atomic E-state index is -0.143. The van der Waals surface area contributed by atoms with Crippen LogP contribution in [0.1, 0.15) is 24.8 Å². The zero-order chi connectivity index (χ0) is 12.3. The number of phenols is 1. The maximum Gasteiger partial charge on any atom is 0.120 e. The molecule has 94 valence electrons. The molecule has 0 aromatic heterocycles. The van der Waals surface area contributed by atoms with Gasteiger partial charge in [0, 0.05) is 17.6 Å². The predicted octanol–water partition coefficient (Wildman–Crippen LogP) is 1.41. The van der Waals surface area contributed by atoms with Crippen LogP contribution < -0.4 is 10.1 Å². The average Bonchev–Trinajstić information content (AvgIpc) is 2.30. The Bertz CT molecular complexity index is 383. The fourth-order valence-corrected chi connectivity index (χ4v) is 2.11. The van der Waals surface area contributed by atoms with Gasteiger partial charge in [0.2, 0.25) is 0 Å². The van der Waals surface area contributed by atoms with Gasteiger partial charge in [0.25, 0.3) is 0 Å². The Morgan fingerprint density at radius 2 is 2.18 bits per heavy atom. The molecule has 0 aliphatic heterocycles. The zero-order valence-electron chi connectivity index (χ0n) is 10.1. The highest BCUT2D eigenvalue weighted by molar-refractivity contribution is 5.39. The number of hydrogen-bond acceptors (Lipinski definition) is 4. The fourth-order valence-electron chi connectivity index (χ4n) is 2.11. The summed E-state index contributed by atoms with van der Waals surface area (Å²) in [7, 11) is 1.60. The molecule has 4 nitrogen and oxygen atoms in total. The lowest BCUT2D eigenvalue weighted by molar-refractivity contribution is 0.0870. The van der Waals surface area contributed by atoms with Crippen molar-refractivity contribution in [3.05, 3.63) is 23.8 Å². The summed E-state index contributed by atoms with van der Waals surface area (Å²) in [5.41, 5.74) is 0.652. The van der Waals surface area contributed by atoms with Crippen molar-refractivity contribution < 1.29 is 14.9 Å². The second kappa shape index (κ2) is 4.94. The highest BCUT2D eigenvalue weighted by atomic mass is 16.5. The van der Waals surface area contributed by atoms with Crippen LogP contribution in [0.2, 0.25) is 0 Å². The van der Waals surface area contributed by atoms with E-state index in [0.717, 1.165) is 30.6 Å². The minimum absolute atomic E-state index is 0.143. The summed E-state index contributed by atoms with van der Waals surface area (Å²) in [5, 5.41) is 22.4. The van der Waals surface area contributed by atoms with Gasteiger partial charge in [-0.15, -0.1) is 0 Å². The van der Waals surface area contributed by atoms with Crippen molar-refractivity contribution in [3.8, 4) is 11.5 Å². The lowest BCUT2D eigenvalue weighted by atomic mass is 9.77. The van der Waals surface area contributed by atoms with Gasteiger partial charge in [0.1, 0.15) is 11.5 Å². The summed E-state index contributed by atoms with van der Waals surface area (Å²) in [5.74, 6) is 0.983. The molecule has 4 heteroatoms. The van der Waals surface area contributed by atoms with Gasteiger partial charge in [0.15, 0.2) is 0 Å². The maximum absolute atomic E-state index is 9.73. The highest BCUT2D eigenvalue weighted by Gasteiger charge is 2.35. The first-order valence-corrected chi connectivity index (χ1v) is 5.91.